The molecule has 5 rings (SSSR count). The Labute approximate surface area is 187 Å². The van der Waals surface area contributed by atoms with Gasteiger partial charge >= 0.3 is 0 Å². The van der Waals surface area contributed by atoms with E-state index in [-0.39, 0.29) is 5.91 Å². The molecule has 2 aromatic heterocycles. The van der Waals surface area contributed by atoms with Crippen LogP contribution in [0, 0.1) is 0 Å². The van der Waals surface area contributed by atoms with E-state index in [9.17, 15) is 4.79 Å². The number of H-pyrrole nitrogens is 1. The Bertz CT molecular complexity index is 1300. The number of fused-ring (bicyclic) bond motifs is 3. The number of hydrogen-bond acceptors (Lipinski definition) is 2. The van der Waals surface area contributed by atoms with Crippen molar-refractivity contribution in [3.05, 3.63) is 114 Å². The average molecular weight is 420 g/mol. The van der Waals surface area contributed by atoms with Crippen molar-refractivity contribution in [2.24, 2.45) is 0 Å². The molecule has 0 aliphatic heterocycles. The first kappa shape index (κ1) is 20.0. The van der Waals surface area contributed by atoms with Crippen LogP contribution in [0.1, 0.15) is 23.2 Å². The average Bonchev–Trinajstić information content (AvgIpc) is 3.21. The summed E-state index contributed by atoms with van der Waals surface area (Å²) in [4.78, 5) is 23.2. The molecule has 5 aromatic rings. The lowest BCUT2D eigenvalue weighted by atomic mass is 10.1. The highest BCUT2D eigenvalue weighted by Crippen LogP contribution is 2.25. The van der Waals surface area contributed by atoms with E-state index in [0.29, 0.717) is 25.9 Å². The molecule has 2 heterocycles. The topological polar surface area (TPSA) is 49.0 Å². The van der Waals surface area contributed by atoms with E-state index >= 15 is 0 Å². The van der Waals surface area contributed by atoms with Crippen molar-refractivity contribution in [1.82, 2.24) is 14.9 Å². The molecule has 1 N–H and O–H groups in total. The molecule has 4 nitrogen and oxygen atoms in total. The van der Waals surface area contributed by atoms with Crippen molar-refractivity contribution >= 4 is 27.7 Å². The first-order valence-corrected chi connectivity index (χ1v) is 11.0. The number of aromatic nitrogens is 2. The van der Waals surface area contributed by atoms with Crippen LogP contribution in [0.5, 0.6) is 0 Å². The molecule has 0 atom stereocenters. The van der Waals surface area contributed by atoms with Gasteiger partial charge in [0, 0.05) is 41.5 Å². The third-order valence-electron chi connectivity index (χ3n) is 5.83. The molecule has 4 heteroatoms. The lowest BCUT2D eigenvalue weighted by molar-refractivity contribution is -0.132. The smallest absolute Gasteiger partial charge is 0.223 e. The number of amides is 1. The molecule has 0 unspecified atom stereocenters. The predicted molar refractivity (Wildman–Crippen MR) is 129 cm³/mol. The zero-order chi connectivity index (χ0) is 21.8. The number of carbonyl (C=O) groups is 1. The van der Waals surface area contributed by atoms with Crippen LogP contribution in [-0.2, 0) is 24.3 Å². The Morgan fingerprint density at radius 1 is 0.750 bits per heavy atom. The van der Waals surface area contributed by atoms with Gasteiger partial charge in [0.05, 0.1) is 11.7 Å². The maximum atomic E-state index is 13.2. The highest BCUT2D eigenvalue weighted by Gasteiger charge is 2.15. The van der Waals surface area contributed by atoms with E-state index < -0.39 is 0 Å². The molecule has 0 radical (unpaired) electrons. The largest absolute Gasteiger partial charge is 0.353 e. The van der Waals surface area contributed by atoms with Crippen molar-refractivity contribution in [3.63, 3.8) is 0 Å². The molecule has 0 aliphatic rings. The summed E-state index contributed by atoms with van der Waals surface area (Å²) in [7, 11) is 0. The van der Waals surface area contributed by atoms with Gasteiger partial charge in [0.1, 0.15) is 0 Å². The Morgan fingerprint density at radius 3 is 2.06 bits per heavy atom. The van der Waals surface area contributed by atoms with Crippen LogP contribution >= 0.6 is 0 Å². The van der Waals surface area contributed by atoms with E-state index in [1.54, 1.807) is 0 Å². The maximum Gasteiger partial charge on any atom is 0.223 e. The third kappa shape index (κ3) is 4.40. The van der Waals surface area contributed by atoms with Gasteiger partial charge in [-0.25, -0.2) is 0 Å². The summed E-state index contributed by atoms with van der Waals surface area (Å²) in [5.41, 5.74) is 5.34. The van der Waals surface area contributed by atoms with Crippen LogP contribution in [0.15, 0.2) is 97.2 Å². The van der Waals surface area contributed by atoms with Crippen molar-refractivity contribution in [3.8, 4) is 0 Å². The summed E-state index contributed by atoms with van der Waals surface area (Å²) < 4.78 is 0. The minimum absolute atomic E-state index is 0.138. The number of nitrogens with one attached hydrogen (secondary N) is 1. The summed E-state index contributed by atoms with van der Waals surface area (Å²) in [6, 6.07) is 30.7. The summed E-state index contributed by atoms with van der Waals surface area (Å²) in [6.45, 7) is 1.20. The zero-order valence-corrected chi connectivity index (χ0v) is 17.9. The Morgan fingerprint density at radius 2 is 1.38 bits per heavy atom. The highest BCUT2D eigenvalue weighted by atomic mass is 16.2. The van der Waals surface area contributed by atoms with Crippen LogP contribution in [0.25, 0.3) is 21.8 Å². The number of aromatic amines is 1. The molecule has 32 heavy (non-hydrogen) atoms. The molecule has 0 saturated carbocycles. The van der Waals surface area contributed by atoms with E-state index in [0.717, 1.165) is 33.2 Å². The summed E-state index contributed by atoms with van der Waals surface area (Å²) in [5.74, 6) is 0.138. The first-order chi connectivity index (χ1) is 15.8. The number of hydrogen-bond donors (Lipinski definition) is 1. The second-order valence-corrected chi connectivity index (χ2v) is 8.11. The van der Waals surface area contributed by atoms with Crippen molar-refractivity contribution in [2.75, 3.05) is 0 Å². The fourth-order valence-corrected chi connectivity index (χ4v) is 4.16. The predicted octanol–water partition coefficient (Wildman–Crippen LogP) is 5.88. The Kier molecular flexibility index (Phi) is 5.67. The molecular weight excluding hydrogens is 394 g/mol. The van der Waals surface area contributed by atoms with Gasteiger partial charge in [-0.15, -0.1) is 0 Å². The Balaban J connectivity index is 1.33. The monoisotopic (exact) mass is 419 g/mol. The number of para-hydroxylation sites is 1. The lowest BCUT2D eigenvalue weighted by Crippen LogP contribution is -2.30. The van der Waals surface area contributed by atoms with Crippen LogP contribution in [0.2, 0.25) is 0 Å². The number of benzene rings is 3. The van der Waals surface area contributed by atoms with E-state index in [4.69, 9.17) is 0 Å². The summed E-state index contributed by atoms with van der Waals surface area (Å²) >= 11 is 0. The van der Waals surface area contributed by atoms with Crippen molar-refractivity contribution < 1.29 is 4.79 Å². The Hall–Kier alpha value is -3.92. The molecule has 0 saturated heterocycles. The molecule has 0 spiro atoms. The van der Waals surface area contributed by atoms with Gasteiger partial charge in [-0.2, -0.15) is 0 Å². The number of pyridine rings is 1. The van der Waals surface area contributed by atoms with Crippen molar-refractivity contribution in [2.45, 2.75) is 25.9 Å². The molecule has 0 aliphatic carbocycles. The lowest BCUT2D eigenvalue weighted by Gasteiger charge is -2.23. The number of carbonyl (C=O) groups excluding carboxylic acids is 1. The standard InChI is InChI=1S/C28H25N3O/c32-28(31(19-21-9-3-1-4-10-21)20-22-11-5-2-6-12-22)16-15-23-17-25-24-13-7-8-14-26(24)30-27(25)18-29-23/h1-14,17-18,30H,15-16,19-20H2. The number of aryl methyl sites for hydroxylation is 1. The molecule has 1 amide bonds. The minimum Gasteiger partial charge on any atom is -0.353 e. The highest BCUT2D eigenvalue weighted by molar-refractivity contribution is 6.06. The quantitative estimate of drug-likeness (QED) is 0.358. The second-order valence-electron chi connectivity index (χ2n) is 8.11. The minimum atomic E-state index is 0.138. The van der Waals surface area contributed by atoms with E-state index in [2.05, 4.69) is 52.4 Å². The van der Waals surface area contributed by atoms with Gasteiger partial charge < -0.3 is 9.88 Å². The molecule has 0 fully saturated rings. The van der Waals surface area contributed by atoms with E-state index in [1.165, 1.54) is 5.39 Å². The van der Waals surface area contributed by atoms with Gasteiger partial charge in [-0.3, -0.25) is 9.78 Å². The maximum absolute atomic E-state index is 13.2. The number of nitrogens with zero attached hydrogens (tertiary/aromatic N) is 2. The van der Waals surface area contributed by atoms with Gasteiger partial charge in [0.2, 0.25) is 5.91 Å². The molecular formula is C28H25N3O. The molecule has 3 aromatic carbocycles. The summed E-state index contributed by atoms with van der Waals surface area (Å²) in [5, 5.41) is 2.34. The van der Waals surface area contributed by atoms with Crippen molar-refractivity contribution in [1.29, 1.82) is 0 Å². The fourth-order valence-electron chi connectivity index (χ4n) is 4.16. The third-order valence-corrected chi connectivity index (χ3v) is 5.83. The first-order valence-electron chi connectivity index (χ1n) is 11.0. The van der Waals surface area contributed by atoms with Gasteiger partial charge in [-0.1, -0.05) is 78.9 Å². The van der Waals surface area contributed by atoms with Gasteiger partial charge in [-0.05, 0) is 29.7 Å². The van der Waals surface area contributed by atoms with Crippen LogP contribution in [0.4, 0.5) is 0 Å². The fraction of sp³-hybridized carbons (Fsp3) is 0.143. The van der Waals surface area contributed by atoms with Gasteiger partial charge in [0.25, 0.3) is 0 Å². The molecule has 158 valence electrons. The number of rotatable bonds is 7. The molecule has 0 bridgehead atoms. The van der Waals surface area contributed by atoms with Crippen LogP contribution in [-0.4, -0.2) is 20.8 Å². The van der Waals surface area contributed by atoms with Crippen LogP contribution < -0.4 is 0 Å². The van der Waals surface area contributed by atoms with Crippen LogP contribution in [0.3, 0.4) is 0 Å². The second kappa shape index (κ2) is 9.06. The SMILES string of the molecule is O=C(CCc1cc2c(cn1)[nH]c1ccccc12)N(Cc1ccccc1)Cc1ccccc1. The summed E-state index contributed by atoms with van der Waals surface area (Å²) in [6.07, 6.45) is 2.93. The normalized spacial score (nSPS) is 11.1. The zero-order valence-electron chi connectivity index (χ0n) is 17.9. The van der Waals surface area contributed by atoms with E-state index in [1.807, 2.05) is 59.6 Å². The van der Waals surface area contributed by atoms with Gasteiger partial charge in [0.15, 0.2) is 0 Å².